The summed E-state index contributed by atoms with van der Waals surface area (Å²) in [5.74, 6) is 0.755. The number of rotatable bonds is 8. The monoisotopic (exact) mass is 640 g/mol. The molecule has 0 aliphatic carbocycles. The molecule has 46 heavy (non-hydrogen) atoms. The Hall–Kier alpha value is -5.43. The first kappa shape index (κ1) is 30.6. The molecule has 5 amide bonds. The Morgan fingerprint density at radius 3 is 2.72 bits per heavy atom. The molecule has 2 aromatic heterocycles. The fraction of sp³-hybridized carbons (Fsp3) is 0.242. The van der Waals surface area contributed by atoms with E-state index in [0.29, 0.717) is 69.6 Å². The summed E-state index contributed by atoms with van der Waals surface area (Å²) in [5, 5.41) is 15.6. The second-order valence-electron chi connectivity index (χ2n) is 11.1. The van der Waals surface area contributed by atoms with Crippen LogP contribution in [-0.2, 0) is 4.79 Å². The maximum atomic E-state index is 13.6. The van der Waals surface area contributed by atoms with Crippen molar-refractivity contribution in [3.05, 3.63) is 83.4 Å². The largest absolute Gasteiger partial charge is 0.465 e. The summed E-state index contributed by atoms with van der Waals surface area (Å²) in [7, 11) is 1.42. The number of anilines is 3. The van der Waals surface area contributed by atoms with Crippen molar-refractivity contribution in [3.63, 3.8) is 0 Å². The Bertz CT molecular complexity index is 1860. The van der Waals surface area contributed by atoms with Crippen LogP contribution in [0.25, 0.3) is 10.2 Å². The van der Waals surface area contributed by atoms with E-state index in [4.69, 9.17) is 9.84 Å². The van der Waals surface area contributed by atoms with Gasteiger partial charge in [0.15, 0.2) is 0 Å². The van der Waals surface area contributed by atoms with Gasteiger partial charge in [-0.15, -0.1) is 11.3 Å². The maximum absolute atomic E-state index is 13.6. The summed E-state index contributed by atoms with van der Waals surface area (Å²) < 4.78 is 5.97. The topological polar surface area (TPSA) is 144 Å². The number of benzene rings is 2. The van der Waals surface area contributed by atoms with Crippen LogP contribution in [0.5, 0.6) is 11.5 Å². The minimum Gasteiger partial charge on any atom is -0.465 e. The predicted molar refractivity (Wildman–Crippen MR) is 175 cm³/mol. The van der Waals surface area contributed by atoms with Crippen molar-refractivity contribution < 1.29 is 29.0 Å². The van der Waals surface area contributed by atoms with Crippen LogP contribution in [0.4, 0.5) is 26.7 Å². The van der Waals surface area contributed by atoms with Crippen molar-refractivity contribution in [2.75, 3.05) is 36.9 Å². The van der Waals surface area contributed by atoms with E-state index in [1.54, 1.807) is 22.1 Å². The summed E-state index contributed by atoms with van der Waals surface area (Å²) in [6.07, 6.45) is 4.80. The van der Waals surface area contributed by atoms with E-state index in [0.717, 1.165) is 10.5 Å². The van der Waals surface area contributed by atoms with Gasteiger partial charge >= 0.3 is 12.1 Å². The minimum absolute atomic E-state index is 0.0938. The molecule has 0 saturated carbocycles. The van der Waals surface area contributed by atoms with Crippen LogP contribution < -0.4 is 20.3 Å². The number of hydrogen-bond donors (Lipinski definition) is 3. The molecule has 3 N–H and O–H groups in total. The number of carbonyl (C=O) groups is 4. The van der Waals surface area contributed by atoms with Crippen LogP contribution >= 0.6 is 11.3 Å². The molecule has 1 fully saturated rings. The summed E-state index contributed by atoms with van der Waals surface area (Å²) in [4.78, 5) is 60.6. The van der Waals surface area contributed by atoms with Crippen molar-refractivity contribution >= 4 is 62.6 Å². The van der Waals surface area contributed by atoms with Gasteiger partial charge in [0, 0.05) is 45.0 Å². The van der Waals surface area contributed by atoms with E-state index in [1.165, 1.54) is 30.5 Å². The average molecular weight is 641 g/mol. The number of likely N-dealkylation sites (tertiary alicyclic amines) is 1. The number of ether oxygens (including phenoxy) is 1. The number of pyridine rings is 1. The highest BCUT2D eigenvalue weighted by Gasteiger charge is 2.34. The second-order valence-corrected chi connectivity index (χ2v) is 12.1. The molecule has 1 atom stereocenters. The number of urea groups is 1. The molecule has 2 aliphatic rings. The fourth-order valence-corrected chi connectivity index (χ4v) is 6.61. The number of nitrogens with zero attached hydrogens (tertiary/aromatic N) is 4. The molecule has 0 radical (unpaired) electrons. The van der Waals surface area contributed by atoms with Gasteiger partial charge in [-0.25, -0.2) is 14.6 Å². The van der Waals surface area contributed by atoms with Gasteiger partial charge < -0.3 is 30.3 Å². The van der Waals surface area contributed by atoms with E-state index in [1.807, 2.05) is 55.5 Å². The van der Waals surface area contributed by atoms with Crippen LogP contribution in [-0.4, -0.2) is 76.6 Å². The second kappa shape index (κ2) is 12.9. The Morgan fingerprint density at radius 2 is 1.96 bits per heavy atom. The third-order valence-corrected chi connectivity index (χ3v) is 8.97. The highest BCUT2D eigenvalue weighted by Crippen LogP contribution is 2.46. The molecular weight excluding hydrogens is 608 g/mol. The molecule has 12 nitrogen and oxygen atoms in total. The van der Waals surface area contributed by atoms with Crippen molar-refractivity contribution in [1.29, 1.82) is 0 Å². The lowest BCUT2D eigenvalue weighted by Gasteiger charge is -2.32. The molecule has 13 heteroatoms. The summed E-state index contributed by atoms with van der Waals surface area (Å²) >= 11 is 1.20. The number of amides is 5. The van der Waals surface area contributed by atoms with Crippen LogP contribution in [0.3, 0.4) is 0 Å². The number of aromatic nitrogens is 1. The smallest absolute Gasteiger partial charge is 0.407 e. The lowest BCUT2D eigenvalue weighted by Crippen LogP contribution is -2.49. The van der Waals surface area contributed by atoms with Gasteiger partial charge in [-0.1, -0.05) is 24.3 Å². The molecule has 2 aromatic carbocycles. The number of piperidine rings is 1. The number of carboxylic acid groups (broad SMARTS) is 1. The number of carbonyl (C=O) groups excluding carboxylic acids is 3. The van der Waals surface area contributed by atoms with E-state index in [2.05, 4.69) is 15.6 Å². The quantitative estimate of drug-likeness (QED) is 0.201. The Balaban J connectivity index is 1.19. The van der Waals surface area contributed by atoms with Gasteiger partial charge in [-0.05, 0) is 61.7 Å². The zero-order chi connectivity index (χ0) is 32.4. The van der Waals surface area contributed by atoms with Crippen LogP contribution in [0.2, 0.25) is 0 Å². The SMILES string of the molecule is Cc1cc(Oc2ccccc2)ccc1N1C(=O)Nc2c(C(=O)N[C@@H]3CCCN(C(=O)/C=C/CN(C)C(=O)O)C3)sc3nccc1c23. The zero-order valence-corrected chi connectivity index (χ0v) is 26.0. The van der Waals surface area contributed by atoms with Crippen molar-refractivity contribution in [1.82, 2.24) is 20.1 Å². The molecule has 0 bridgehead atoms. The van der Waals surface area contributed by atoms with Crippen LogP contribution in [0.15, 0.2) is 72.9 Å². The third-order valence-electron chi connectivity index (χ3n) is 7.87. The lowest BCUT2D eigenvalue weighted by atomic mass is 10.0. The molecule has 1 saturated heterocycles. The van der Waals surface area contributed by atoms with Gasteiger partial charge in [0.1, 0.15) is 21.2 Å². The summed E-state index contributed by atoms with van der Waals surface area (Å²) in [6.45, 7) is 2.85. The maximum Gasteiger partial charge on any atom is 0.407 e. The van der Waals surface area contributed by atoms with E-state index in [-0.39, 0.29) is 24.4 Å². The van der Waals surface area contributed by atoms with Crippen molar-refractivity contribution in [3.8, 4) is 11.5 Å². The number of thiophene rings is 1. The highest BCUT2D eigenvalue weighted by molar-refractivity contribution is 7.21. The predicted octanol–water partition coefficient (Wildman–Crippen LogP) is 5.97. The van der Waals surface area contributed by atoms with Crippen LogP contribution in [0.1, 0.15) is 28.1 Å². The number of aryl methyl sites for hydroxylation is 1. The Morgan fingerprint density at radius 1 is 1.15 bits per heavy atom. The number of likely N-dealkylation sites (N-methyl/N-ethyl adjacent to an activating group) is 1. The Labute approximate surface area is 268 Å². The van der Waals surface area contributed by atoms with E-state index >= 15 is 0 Å². The fourth-order valence-electron chi connectivity index (χ4n) is 5.59. The first-order chi connectivity index (χ1) is 22.2. The number of nitrogens with one attached hydrogen (secondary N) is 2. The van der Waals surface area contributed by atoms with E-state index < -0.39 is 12.1 Å². The average Bonchev–Trinajstić information content (AvgIpc) is 3.41. The normalized spacial score (nSPS) is 16.0. The first-order valence-corrected chi connectivity index (χ1v) is 15.6. The molecule has 0 spiro atoms. The van der Waals surface area contributed by atoms with Crippen LogP contribution in [0, 0.1) is 6.92 Å². The number of para-hydroxylation sites is 1. The lowest BCUT2D eigenvalue weighted by molar-refractivity contribution is -0.127. The molecule has 236 valence electrons. The molecule has 4 aromatic rings. The van der Waals surface area contributed by atoms with Gasteiger partial charge in [0.25, 0.3) is 5.91 Å². The molecule has 0 unspecified atom stereocenters. The first-order valence-electron chi connectivity index (χ1n) is 14.8. The van der Waals surface area contributed by atoms with Gasteiger partial charge in [0.2, 0.25) is 5.91 Å². The van der Waals surface area contributed by atoms with Gasteiger partial charge in [-0.2, -0.15) is 0 Å². The van der Waals surface area contributed by atoms with Crippen molar-refractivity contribution in [2.45, 2.75) is 25.8 Å². The summed E-state index contributed by atoms with van der Waals surface area (Å²) in [6, 6.07) is 16.0. The van der Waals surface area contributed by atoms with Gasteiger partial charge in [-0.3, -0.25) is 14.5 Å². The number of hydrogen-bond acceptors (Lipinski definition) is 7. The van der Waals surface area contributed by atoms with Gasteiger partial charge in [0.05, 0.1) is 22.4 Å². The third kappa shape index (κ3) is 6.22. The van der Waals surface area contributed by atoms with Crippen molar-refractivity contribution in [2.24, 2.45) is 0 Å². The zero-order valence-electron chi connectivity index (χ0n) is 25.2. The Kier molecular flexibility index (Phi) is 8.57. The van der Waals surface area contributed by atoms with E-state index in [9.17, 15) is 19.2 Å². The molecular formula is C33H32N6O6S. The molecule has 6 rings (SSSR count). The summed E-state index contributed by atoms with van der Waals surface area (Å²) in [5.41, 5.74) is 2.53. The molecule has 2 aliphatic heterocycles. The standard InChI is InChI=1S/C33H32N6O6S/c1-20-18-23(45-22-9-4-3-5-10-22)12-13-24(20)39-25-14-15-34-31-27(25)28(36-32(39)42)29(46-31)30(41)35-21-8-6-17-38(19-21)26(40)11-7-16-37(2)33(43)44/h3-5,7,9-15,18,21H,6,8,16-17,19H2,1-2H3,(H,35,41)(H,36,42)(H,43,44)/b11-7+/t21-/m1/s1. The molecule has 4 heterocycles. The minimum atomic E-state index is -1.08. The highest BCUT2D eigenvalue weighted by atomic mass is 32.1.